The number of nitrogens with zero attached hydrogens (tertiary/aromatic N) is 1. The van der Waals surface area contributed by atoms with E-state index >= 15 is 0 Å². The minimum absolute atomic E-state index is 0. The molecule has 1 aromatic rings. The Morgan fingerprint density at radius 2 is 2.64 bits per heavy atom. The van der Waals surface area contributed by atoms with Crippen molar-refractivity contribution in [2.75, 3.05) is 0 Å². The molecule has 0 aliphatic heterocycles. The Morgan fingerprint density at radius 3 is 3.18 bits per heavy atom. The Hall–Kier alpha value is -0.650. The van der Waals surface area contributed by atoms with E-state index in [0.29, 0.717) is 0 Å². The van der Waals surface area contributed by atoms with Crippen molar-refractivity contribution in [3.8, 4) is 0 Å². The van der Waals surface area contributed by atoms with E-state index in [1.807, 2.05) is 0 Å². The van der Waals surface area contributed by atoms with Gasteiger partial charge < -0.3 is 29.7 Å². The summed E-state index contributed by atoms with van der Waals surface area (Å²) in [6.45, 7) is -2.89. The van der Waals surface area contributed by atoms with Crippen molar-refractivity contribution in [3.05, 3.63) is 30.0 Å². The van der Waals surface area contributed by atoms with Gasteiger partial charge in [-0.2, -0.15) is 0 Å². The summed E-state index contributed by atoms with van der Waals surface area (Å²) in [6, 6.07) is -1.47. The van der Waals surface area contributed by atoms with E-state index in [0.717, 1.165) is 0 Å². The first kappa shape index (κ1) is 3.38. The van der Waals surface area contributed by atoms with Crippen LogP contribution in [0.3, 0.4) is 0 Å². The van der Waals surface area contributed by atoms with Gasteiger partial charge in [-0.3, -0.25) is 4.79 Å². The molecule has 1 rings (SSSR count). The van der Waals surface area contributed by atoms with Gasteiger partial charge in [0, 0.05) is 6.04 Å². The summed E-state index contributed by atoms with van der Waals surface area (Å²) < 4.78 is 51.2. The van der Waals surface area contributed by atoms with Crippen molar-refractivity contribution >= 4 is 5.91 Å². The molecule has 3 nitrogen and oxygen atoms in total. The van der Waals surface area contributed by atoms with Gasteiger partial charge in [0.15, 0.2) is 12.3 Å². The number of hydrogen-bond acceptors (Lipinski definition) is 1. The van der Waals surface area contributed by atoms with Crippen molar-refractivity contribution < 1.29 is 42.9 Å². The summed E-state index contributed by atoms with van der Waals surface area (Å²) in [5.74, 6) is -1.17. The average molecular weight is 271 g/mol. The van der Waals surface area contributed by atoms with Gasteiger partial charge in [0.2, 0.25) is 0 Å². The SMILES string of the molecule is [2H]c1c([2H])c([2H])[n+](C([2H])([2H])[2H])c([2H])c1C(N)=O.[I-]. The van der Waals surface area contributed by atoms with Crippen molar-refractivity contribution in [2.45, 2.75) is 0 Å². The van der Waals surface area contributed by atoms with Crippen molar-refractivity contribution in [3.63, 3.8) is 0 Å². The van der Waals surface area contributed by atoms with Gasteiger partial charge in [-0.05, 0) is 6.04 Å². The lowest BCUT2D eigenvalue weighted by Gasteiger charge is -1.89. The maximum absolute atomic E-state index is 11.0. The molecule has 0 atom stereocenters. The zero-order valence-electron chi connectivity index (χ0n) is 12.3. The second-order valence-corrected chi connectivity index (χ2v) is 1.55. The van der Waals surface area contributed by atoms with Gasteiger partial charge in [-0.25, -0.2) is 4.57 Å². The highest BCUT2D eigenvalue weighted by molar-refractivity contribution is 5.92. The summed E-state index contributed by atoms with van der Waals surface area (Å²) >= 11 is 0. The van der Waals surface area contributed by atoms with Crippen LogP contribution in [0.1, 0.15) is 20.0 Å². The van der Waals surface area contributed by atoms with Crippen LogP contribution in [0, 0.1) is 0 Å². The molecular formula is C7H9IN2O. The summed E-state index contributed by atoms with van der Waals surface area (Å²) in [4.78, 5) is 11.0. The molecule has 2 N–H and O–H groups in total. The van der Waals surface area contributed by atoms with Gasteiger partial charge in [0.25, 0.3) is 5.91 Å². The Morgan fingerprint density at radius 1 is 1.91 bits per heavy atom. The standard InChI is InChI=1S/C7H8N2O.HI/c1-9-4-2-3-6(5-9)7(8)10;/h2-5H,1H3,(H-,8,10);1H/i1D3,2D,3D,4D,5D;. The number of primary amides is 1. The maximum atomic E-state index is 11.0. The quantitative estimate of drug-likeness (QED) is 0.420. The zero-order valence-corrected chi connectivity index (χ0v) is 7.47. The fourth-order valence-corrected chi connectivity index (χ4v) is 0.431. The number of pyridine rings is 1. The molecule has 0 unspecified atom stereocenters. The first-order valence-electron chi connectivity index (χ1n) is 5.91. The first-order valence-corrected chi connectivity index (χ1v) is 2.41. The van der Waals surface area contributed by atoms with Gasteiger partial charge in [-0.1, -0.05) is 0 Å². The van der Waals surface area contributed by atoms with Crippen LogP contribution in [0.2, 0.25) is 0 Å². The number of aromatic nitrogens is 1. The third kappa shape index (κ3) is 2.83. The van der Waals surface area contributed by atoms with E-state index in [1.54, 1.807) is 0 Å². The third-order valence-corrected chi connectivity index (χ3v) is 0.825. The van der Waals surface area contributed by atoms with Gasteiger partial charge >= 0.3 is 0 Å². The molecule has 0 spiro atoms. The fourth-order valence-electron chi connectivity index (χ4n) is 0.431. The minimum atomic E-state index is -2.89. The smallest absolute Gasteiger partial charge is 0.254 e. The van der Waals surface area contributed by atoms with Crippen LogP contribution in [-0.2, 0) is 6.98 Å². The molecule has 1 amide bonds. The van der Waals surface area contributed by atoms with E-state index in [4.69, 9.17) is 15.3 Å². The summed E-state index contributed by atoms with van der Waals surface area (Å²) in [6.07, 6.45) is -1.69. The van der Waals surface area contributed by atoms with E-state index in [1.165, 1.54) is 0 Å². The van der Waals surface area contributed by atoms with Crippen LogP contribution in [0.15, 0.2) is 24.4 Å². The highest BCUT2D eigenvalue weighted by atomic mass is 127. The molecule has 0 bridgehead atoms. The van der Waals surface area contributed by atoms with Crippen LogP contribution >= 0.6 is 0 Å². The second-order valence-electron chi connectivity index (χ2n) is 1.55. The Kier molecular flexibility index (Phi) is 1.32. The molecule has 4 heteroatoms. The zero-order chi connectivity index (χ0) is 13.5. The van der Waals surface area contributed by atoms with E-state index < -0.39 is 42.9 Å². The molecule has 0 saturated carbocycles. The fraction of sp³-hybridized carbons (Fsp3) is 0.143. The largest absolute Gasteiger partial charge is 1.00 e. The predicted octanol–water partition coefficient (Wildman–Crippen LogP) is -3.39. The Balaban J connectivity index is 0.00000289. The second kappa shape index (κ2) is 4.27. The van der Waals surface area contributed by atoms with Crippen molar-refractivity contribution in [2.24, 2.45) is 12.7 Å². The summed E-state index contributed by atoms with van der Waals surface area (Å²) in [5, 5.41) is 0. The highest BCUT2D eigenvalue weighted by Gasteiger charge is 2.02. The van der Waals surface area contributed by atoms with Gasteiger partial charge in [0.1, 0.15) is 19.4 Å². The number of hydrogen-bond donors (Lipinski definition) is 1. The molecule has 0 fully saturated rings. The third-order valence-electron chi connectivity index (χ3n) is 0.825. The molecule has 1 aromatic heterocycles. The first-order chi connectivity index (χ1) is 7.59. The lowest BCUT2D eigenvalue weighted by atomic mass is 10.3. The van der Waals surface area contributed by atoms with Crippen LogP contribution in [0.25, 0.3) is 0 Å². The van der Waals surface area contributed by atoms with Crippen LogP contribution in [-0.4, -0.2) is 5.91 Å². The average Bonchev–Trinajstić information content (AvgIpc) is 2.11. The molecule has 1 heterocycles. The summed E-state index contributed by atoms with van der Waals surface area (Å²) in [7, 11) is 0. The number of halogens is 1. The highest BCUT2D eigenvalue weighted by Crippen LogP contribution is 1.89. The number of rotatable bonds is 1. The molecule has 0 saturated heterocycles. The van der Waals surface area contributed by atoms with Crippen LogP contribution in [0.4, 0.5) is 0 Å². The van der Waals surface area contributed by atoms with E-state index in [9.17, 15) is 4.79 Å². The number of carbonyl (C=O) groups is 1. The van der Waals surface area contributed by atoms with Crippen LogP contribution in [0.5, 0.6) is 0 Å². The molecule has 0 aliphatic rings. The lowest BCUT2D eigenvalue weighted by Crippen LogP contribution is -3.00. The molecule has 0 radical (unpaired) electrons. The molecule has 60 valence electrons. The molecular weight excluding hydrogens is 255 g/mol. The molecule has 0 aliphatic carbocycles. The normalized spacial score (nSPS) is 18.7. The van der Waals surface area contributed by atoms with Crippen molar-refractivity contribution in [1.82, 2.24) is 0 Å². The number of nitrogens with two attached hydrogens (primary N) is 1. The van der Waals surface area contributed by atoms with E-state index in [-0.39, 0.29) is 28.5 Å². The van der Waals surface area contributed by atoms with Gasteiger partial charge in [0.05, 0.1) is 2.74 Å². The molecule has 0 aromatic carbocycles. The van der Waals surface area contributed by atoms with Gasteiger partial charge in [-0.15, -0.1) is 0 Å². The van der Waals surface area contributed by atoms with Crippen LogP contribution < -0.4 is 34.3 Å². The number of carbonyl (C=O) groups excluding carboxylic acids is 1. The van der Waals surface area contributed by atoms with E-state index in [2.05, 4.69) is 0 Å². The lowest BCUT2D eigenvalue weighted by molar-refractivity contribution is -0.671. The molecule has 11 heavy (non-hydrogen) atoms. The Bertz CT molecular complexity index is 502. The topological polar surface area (TPSA) is 47.0 Å². The summed E-state index contributed by atoms with van der Waals surface area (Å²) in [5.41, 5.74) is 4.25. The minimum Gasteiger partial charge on any atom is -1.00 e. The predicted molar refractivity (Wildman–Crippen MR) is 36.1 cm³/mol. The number of amides is 1. The maximum Gasteiger partial charge on any atom is 0.254 e. The monoisotopic (exact) mass is 271 g/mol. The van der Waals surface area contributed by atoms with Crippen molar-refractivity contribution in [1.29, 1.82) is 0 Å². The Labute approximate surface area is 92.1 Å².